The molecule has 0 radical (unpaired) electrons. The van der Waals surface area contributed by atoms with Gasteiger partial charge in [0, 0.05) is 19.7 Å². The number of carbonyl (C=O) groups excluding carboxylic acids is 1. The predicted molar refractivity (Wildman–Crippen MR) is 92.9 cm³/mol. The maximum Gasteiger partial charge on any atom is 0.236 e. The number of nitrogens with zero attached hydrogens (tertiary/aromatic N) is 2. The lowest BCUT2D eigenvalue weighted by Crippen LogP contribution is -2.42. The average molecular weight is 332 g/mol. The molecule has 2 saturated heterocycles. The average Bonchev–Trinajstić information content (AvgIpc) is 2.98. The minimum atomic E-state index is -0.558. The van der Waals surface area contributed by atoms with Crippen molar-refractivity contribution in [3.63, 3.8) is 0 Å². The smallest absolute Gasteiger partial charge is 0.236 e. The molecule has 2 aliphatic heterocycles. The molecule has 1 N–H and O–H groups in total. The first kappa shape index (κ1) is 17.4. The third-order valence-electron chi connectivity index (χ3n) is 5.19. The van der Waals surface area contributed by atoms with Crippen molar-refractivity contribution >= 4 is 5.91 Å². The van der Waals surface area contributed by atoms with Crippen molar-refractivity contribution in [2.75, 3.05) is 39.3 Å². The van der Waals surface area contributed by atoms with Crippen LogP contribution in [0, 0.1) is 0 Å². The Morgan fingerprint density at radius 3 is 2.58 bits per heavy atom. The molecule has 0 unspecified atom stereocenters. The lowest BCUT2D eigenvalue weighted by Gasteiger charge is -2.32. The lowest BCUT2D eigenvalue weighted by molar-refractivity contribution is -0.132. The zero-order valence-corrected chi connectivity index (χ0v) is 14.4. The number of aliphatic hydroxyl groups excluding tert-OH is 1. The van der Waals surface area contributed by atoms with Gasteiger partial charge in [0.2, 0.25) is 5.91 Å². The van der Waals surface area contributed by atoms with Crippen LogP contribution in [0.4, 0.5) is 0 Å². The van der Waals surface area contributed by atoms with Gasteiger partial charge in [-0.1, -0.05) is 30.3 Å². The van der Waals surface area contributed by atoms with Crippen LogP contribution in [0.15, 0.2) is 30.3 Å². The van der Waals surface area contributed by atoms with Crippen molar-refractivity contribution in [3.8, 4) is 0 Å². The first-order chi connectivity index (χ1) is 11.7. The minimum Gasteiger partial charge on any atom is -0.388 e. The Morgan fingerprint density at radius 2 is 1.92 bits per heavy atom. The molecular formula is C19H28N2O3. The van der Waals surface area contributed by atoms with Crippen molar-refractivity contribution in [3.05, 3.63) is 35.9 Å². The molecule has 1 aromatic carbocycles. The van der Waals surface area contributed by atoms with Gasteiger partial charge >= 0.3 is 0 Å². The molecule has 2 heterocycles. The van der Waals surface area contributed by atoms with Gasteiger partial charge in [-0.25, -0.2) is 0 Å². The monoisotopic (exact) mass is 332 g/mol. The fourth-order valence-corrected chi connectivity index (χ4v) is 3.78. The van der Waals surface area contributed by atoms with Crippen molar-refractivity contribution in [2.24, 2.45) is 0 Å². The summed E-state index contributed by atoms with van der Waals surface area (Å²) in [4.78, 5) is 16.5. The number of likely N-dealkylation sites (tertiary alicyclic amines) is 2. The van der Waals surface area contributed by atoms with Crippen LogP contribution in [0.25, 0.3) is 0 Å². The molecule has 0 saturated carbocycles. The lowest BCUT2D eigenvalue weighted by atomic mass is 9.89. The van der Waals surface area contributed by atoms with E-state index in [-0.39, 0.29) is 12.0 Å². The second-order valence-corrected chi connectivity index (χ2v) is 6.82. The van der Waals surface area contributed by atoms with Crippen LogP contribution in [-0.4, -0.2) is 72.4 Å². The molecule has 5 nitrogen and oxygen atoms in total. The van der Waals surface area contributed by atoms with Gasteiger partial charge in [-0.2, -0.15) is 0 Å². The van der Waals surface area contributed by atoms with E-state index in [1.165, 1.54) is 5.56 Å². The molecule has 0 bridgehead atoms. The number of amides is 1. The van der Waals surface area contributed by atoms with Gasteiger partial charge in [0.25, 0.3) is 0 Å². The van der Waals surface area contributed by atoms with Crippen LogP contribution in [0.2, 0.25) is 0 Å². The number of aliphatic hydroxyl groups is 1. The van der Waals surface area contributed by atoms with Crippen molar-refractivity contribution in [1.82, 2.24) is 9.80 Å². The highest BCUT2D eigenvalue weighted by Gasteiger charge is 2.35. The molecule has 2 aliphatic rings. The first-order valence-corrected chi connectivity index (χ1v) is 9.02. The number of β-amino-alcohol motifs (C(OH)–C–C–N with tert-alkyl or cyclic N) is 1. The molecule has 0 aromatic heterocycles. The summed E-state index contributed by atoms with van der Waals surface area (Å²) in [5.41, 5.74) is 1.41. The molecule has 0 spiro atoms. The summed E-state index contributed by atoms with van der Waals surface area (Å²) >= 11 is 0. The maximum atomic E-state index is 12.5. The third kappa shape index (κ3) is 4.15. The SMILES string of the molecule is CCO[C@H]1CN(C(=O)CN2CCC(c3ccccc3)CC2)C[C@@H]1O. The minimum absolute atomic E-state index is 0.106. The van der Waals surface area contributed by atoms with E-state index < -0.39 is 6.10 Å². The summed E-state index contributed by atoms with van der Waals surface area (Å²) in [6.45, 7) is 5.74. The molecule has 0 aliphatic carbocycles. The van der Waals surface area contributed by atoms with Gasteiger partial charge in [-0.3, -0.25) is 9.69 Å². The Kier molecular flexibility index (Phi) is 5.87. The standard InChI is InChI=1S/C19H28N2O3/c1-2-24-18-13-21(12-17(18)22)19(23)14-20-10-8-16(9-11-20)15-6-4-3-5-7-15/h3-7,16-18,22H,2,8-14H2,1H3/t17-,18-/m0/s1. The van der Waals surface area contributed by atoms with Gasteiger partial charge in [-0.15, -0.1) is 0 Å². The highest BCUT2D eigenvalue weighted by molar-refractivity contribution is 5.78. The fourth-order valence-electron chi connectivity index (χ4n) is 3.78. The van der Waals surface area contributed by atoms with E-state index >= 15 is 0 Å². The zero-order chi connectivity index (χ0) is 16.9. The Labute approximate surface area is 144 Å². The van der Waals surface area contributed by atoms with Crippen LogP contribution in [0.3, 0.4) is 0 Å². The fraction of sp³-hybridized carbons (Fsp3) is 0.632. The van der Waals surface area contributed by atoms with Gasteiger partial charge < -0.3 is 14.7 Å². The quantitative estimate of drug-likeness (QED) is 0.887. The topological polar surface area (TPSA) is 53.0 Å². The Balaban J connectivity index is 1.45. The molecule has 24 heavy (non-hydrogen) atoms. The predicted octanol–water partition coefficient (Wildman–Crippen LogP) is 1.47. The summed E-state index contributed by atoms with van der Waals surface area (Å²) < 4.78 is 5.49. The molecule has 1 amide bonds. The van der Waals surface area contributed by atoms with Gasteiger partial charge in [0.1, 0.15) is 6.10 Å². The van der Waals surface area contributed by atoms with Crippen LogP contribution in [0.1, 0.15) is 31.2 Å². The number of benzene rings is 1. The summed E-state index contributed by atoms with van der Waals surface area (Å²) in [5.74, 6) is 0.711. The van der Waals surface area contributed by atoms with Crippen LogP contribution in [0.5, 0.6) is 0 Å². The van der Waals surface area contributed by atoms with Crippen LogP contribution in [-0.2, 0) is 9.53 Å². The molecule has 3 rings (SSSR count). The molecule has 2 atom stereocenters. The van der Waals surface area contributed by atoms with E-state index in [9.17, 15) is 9.90 Å². The van der Waals surface area contributed by atoms with Crippen molar-refractivity contribution < 1.29 is 14.6 Å². The number of carbonyl (C=O) groups is 1. The van der Waals surface area contributed by atoms with Crippen molar-refractivity contribution in [2.45, 2.75) is 37.9 Å². The van der Waals surface area contributed by atoms with Crippen molar-refractivity contribution in [1.29, 1.82) is 0 Å². The van der Waals surface area contributed by atoms with Crippen LogP contribution < -0.4 is 0 Å². The molecule has 5 heteroatoms. The van der Waals surface area contributed by atoms with E-state index in [1.54, 1.807) is 4.90 Å². The second-order valence-electron chi connectivity index (χ2n) is 6.82. The highest BCUT2D eigenvalue weighted by Crippen LogP contribution is 2.27. The summed E-state index contributed by atoms with van der Waals surface area (Å²) in [7, 11) is 0. The number of piperidine rings is 1. The Hall–Kier alpha value is -1.43. The summed E-state index contributed by atoms with van der Waals surface area (Å²) in [6, 6.07) is 10.6. The molecule has 2 fully saturated rings. The van der Waals surface area contributed by atoms with Gasteiger partial charge in [0.15, 0.2) is 0 Å². The van der Waals surface area contributed by atoms with E-state index in [2.05, 4.69) is 35.2 Å². The van der Waals surface area contributed by atoms with Crippen LogP contribution >= 0.6 is 0 Å². The first-order valence-electron chi connectivity index (χ1n) is 9.02. The molecule has 1 aromatic rings. The zero-order valence-electron chi connectivity index (χ0n) is 14.4. The molecule has 132 valence electrons. The highest BCUT2D eigenvalue weighted by atomic mass is 16.5. The second kappa shape index (κ2) is 8.10. The van der Waals surface area contributed by atoms with E-state index in [0.717, 1.165) is 25.9 Å². The Morgan fingerprint density at radius 1 is 1.21 bits per heavy atom. The summed E-state index contributed by atoms with van der Waals surface area (Å²) in [5, 5.41) is 9.97. The van der Waals surface area contributed by atoms with Gasteiger partial charge in [-0.05, 0) is 44.3 Å². The molecular weight excluding hydrogens is 304 g/mol. The van der Waals surface area contributed by atoms with Gasteiger partial charge in [0.05, 0.1) is 12.6 Å². The number of ether oxygens (including phenoxy) is 1. The Bertz CT molecular complexity index is 529. The van der Waals surface area contributed by atoms with E-state index in [0.29, 0.717) is 32.2 Å². The number of rotatable bonds is 5. The third-order valence-corrected chi connectivity index (χ3v) is 5.19. The maximum absolute atomic E-state index is 12.5. The van der Waals surface area contributed by atoms with E-state index in [4.69, 9.17) is 4.74 Å². The normalized spacial score (nSPS) is 26.0. The number of hydrogen-bond acceptors (Lipinski definition) is 4. The summed E-state index contributed by atoms with van der Waals surface area (Å²) in [6.07, 6.45) is 1.41. The van der Waals surface area contributed by atoms with E-state index in [1.807, 2.05) is 6.92 Å². The largest absolute Gasteiger partial charge is 0.388 e. The number of hydrogen-bond donors (Lipinski definition) is 1.